The van der Waals surface area contributed by atoms with Gasteiger partial charge in [0.05, 0.1) is 6.20 Å². The number of benzene rings is 1. The van der Waals surface area contributed by atoms with Crippen LogP contribution in [0.5, 0.6) is 5.75 Å². The topological polar surface area (TPSA) is 62.7 Å². The summed E-state index contributed by atoms with van der Waals surface area (Å²) in [4.78, 5) is 9.22. The summed E-state index contributed by atoms with van der Waals surface area (Å²) in [7, 11) is -3.87. The van der Waals surface area contributed by atoms with Crippen LogP contribution in [-0.4, -0.2) is 51.0 Å². The third-order valence-corrected chi connectivity index (χ3v) is 6.26. The Kier molecular flexibility index (Phi) is 6.57. The Balaban J connectivity index is 1.63. The van der Waals surface area contributed by atoms with Gasteiger partial charge in [0.15, 0.2) is 5.75 Å². The van der Waals surface area contributed by atoms with Crippen LogP contribution in [-0.2, 0) is 10.1 Å². The van der Waals surface area contributed by atoms with Crippen LogP contribution in [0.15, 0.2) is 47.5 Å². The van der Waals surface area contributed by atoms with Crippen molar-refractivity contribution in [3.05, 3.63) is 48.2 Å². The number of hydrogen-bond donors (Lipinski definition) is 0. The standard InChI is InChI=1S/C21H29N3O3S/c1-4-11-23-12-14-24(15-13-23)21-10-7-19(16-22-21)27-28(25,26)20-8-5-18(6-9-20)17(2)3/h5-10,16-17H,4,11-15H2,1-3H3. The fraction of sp³-hybridized carbons (Fsp3) is 0.476. The zero-order chi connectivity index (χ0) is 20.1. The highest BCUT2D eigenvalue weighted by Crippen LogP contribution is 2.23. The molecule has 0 spiro atoms. The summed E-state index contributed by atoms with van der Waals surface area (Å²) in [5.41, 5.74) is 1.09. The first kappa shape index (κ1) is 20.6. The maximum Gasteiger partial charge on any atom is 0.339 e. The summed E-state index contributed by atoms with van der Waals surface area (Å²) < 4.78 is 30.3. The quantitative estimate of drug-likeness (QED) is 0.660. The van der Waals surface area contributed by atoms with Crippen molar-refractivity contribution in [2.24, 2.45) is 0 Å². The molecule has 1 saturated heterocycles. The second-order valence-electron chi connectivity index (χ2n) is 7.44. The van der Waals surface area contributed by atoms with Crippen LogP contribution in [0.2, 0.25) is 0 Å². The van der Waals surface area contributed by atoms with Gasteiger partial charge in [0.25, 0.3) is 0 Å². The van der Waals surface area contributed by atoms with Crippen LogP contribution in [0.25, 0.3) is 0 Å². The van der Waals surface area contributed by atoms with Gasteiger partial charge < -0.3 is 9.08 Å². The number of piperazine rings is 1. The average Bonchev–Trinajstić information content (AvgIpc) is 2.69. The molecule has 1 aromatic carbocycles. The molecule has 2 heterocycles. The van der Waals surface area contributed by atoms with E-state index in [4.69, 9.17) is 4.18 Å². The van der Waals surface area contributed by atoms with E-state index in [0.29, 0.717) is 5.92 Å². The molecule has 28 heavy (non-hydrogen) atoms. The van der Waals surface area contributed by atoms with Crippen molar-refractivity contribution in [2.45, 2.75) is 38.0 Å². The van der Waals surface area contributed by atoms with E-state index in [2.05, 4.69) is 35.6 Å². The summed E-state index contributed by atoms with van der Waals surface area (Å²) in [6.45, 7) is 11.3. The van der Waals surface area contributed by atoms with Crippen LogP contribution in [0.1, 0.15) is 38.7 Å². The average molecular weight is 404 g/mol. The molecule has 2 aromatic rings. The Morgan fingerprint density at radius 2 is 1.71 bits per heavy atom. The molecule has 7 heteroatoms. The van der Waals surface area contributed by atoms with Crippen molar-refractivity contribution in [3.63, 3.8) is 0 Å². The molecule has 0 atom stereocenters. The van der Waals surface area contributed by atoms with Crippen molar-refractivity contribution in [1.29, 1.82) is 0 Å². The second-order valence-corrected chi connectivity index (χ2v) is 8.99. The number of pyridine rings is 1. The van der Waals surface area contributed by atoms with E-state index in [-0.39, 0.29) is 10.6 Å². The predicted octanol–water partition coefficient (Wildman–Crippen LogP) is 3.50. The second kappa shape index (κ2) is 8.92. The summed E-state index contributed by atoms with van der Waals surface area (Å²) in [5, 5.41) is 0. The lowest BCUT2D eigenvalue weighted by atomic mass is 10.0. The maximum absolute atomic E-state index is 12.5. The Morgan fingerprint density at radius 3 is 2.25 bits per heavy atom. The van der Waals surface area contributed by atoms with Gasteiger partial charge in [0, 0.05) is 26.2 Å². The number of rotatable bonds is 7. The third-order valence-electron chi connectivity index (χ3n) is 5.00. The van der Waals surface area contributed by atoms with E-state index < -0.39 is 10.1 Å². The molecule has 0 unspecified atom stereocenters. The molecule has 0 amide bonds. The molecule has 0 aliphatic carbocycles. The van der Waals surface area contributed by atoms with Crippen molar-refractivity contribution < 1.29 is 12.6 Å². The zero-order valence-corrected chi connectivity index (χ0v) is 17.7. The molecular weight excluding hydrogens is 374 g/mol. The zero-order valence-electron chi connectivity index (χ0n) is 16.8. The van der Waals surface area contributed by atoms with Crippen LogP contribution < -0.4 is 9.08 Å². The summed E-state index contributed by atoms with van der Waals surface area (Å²) in [6, 6.07) is 10.3. The molecule has 0 bridgehead atoms. The van der Waals surface area contributed by atoms with Gasteiger partial charge in [0.2, 0.25) is 0 Å². The Bertz CT molecular complexity index is 857. The normalized spacial score (nSPS) is 15.8. The molecule has 3 rings (SSSR count). The Hall–Kier alpha value is -2.12. The van der Waals surface area contributed by atoms with E-state index in [1.807, 2.05) is 18.2 Å². The largest absolute Gasteiger partial charge is 0.377 e. The fourth-order valence-electron chi connectivity index (χ4n) is 3.32. The molecular formula is C21H29N3O3S. The number of anilines is 1. The molecule has 1 fully saturated rings. The highest BCUT2D eigenvalue weighted by Gasteiger charge is 2.19. The fourth-order valence-corrected chi connectivity index (χ4v) is 4.24. The monoisotopic (exact) mass is 403 g/mol. The number of nitrogens with zero attached hydrogens (tertiary/aromatic N) is 3. The van der Waals surface area contributed by atoms with E-state index in [1.165, 1.54) is 12.6 Å². The Labute approximate surface area is 168 Å². The number of hydrogen-bond acceptors (Lipinski definition) is 6. The van der Waals surface area contributed by atoms with Gasteiger partial charge in [-0.25, -0.2) is 4.98 Å². The van der Waals surface area contributed by atoms with Gasteiger partial charge in [-0.15, -0.1) is 0 Å². The molecule has 152 valence electrons. The van der Waals surface area contributed by atoms with Crippen molar-refractivity contribution >= 4 is 15.9 Å². The van der Waals surface area contributed by atoms with Gasteiger partial charge in [-0.1, -0.05) is 32.9 Å². The summed E-state index contributed by atoms with van der Waals surface area (Å²) in [6.07, 6.45) is 2.65. The minimum atomic E-state index is -3.87. The van der Waals surface area contributed by atoms with E-state index in [9.17, 15) is 8.42 Å². The molecule has 0 N–H and O–H groups in total. The lowest BCUT2D eigenvalue weighted by Crippen LogP contribution is -2.46. The summed E-state index contributed by atoms with van der Waals surface area (Å²) >= 11 is 0. The van der Waals surface area contributed by atoms with E-state index in [0.717, 1.165) is 44.1 Å². The smallest absolute Gasteiger partial charge is 0.339 e. The van der Waals surface area contributed by atoms with Gasteiger partial charge in [-0.2, -0.15) is 8.42 Å². The summed E-state index contributed by atoms with van der Waals surface area (Å²) in [5.74, 6) is 1.42. The lowest BCUT2D eigenvalue weighted by molar-refractivity contribution is 0.258. The third kappa shape index (κ3) is 5.02. The molecule has 1 aliphatic rings. The first-order valence-electron chi connectivity index (χ1n) is 9.87. The number of aromatic nitrogens is 1. The molecule has 6 nitrogen and oxygen atoms in total. The van der Waals surface area contributed by atoms with Crippen molar-refractivity contribution in [1.82, 2.24) is 9.88 Å². The maximum atomic E-state index is 12.5. The molecule has 1 aliphatic heterocycles. The van der Waals surface area contributed by atoms with E-state index in [1.54, 1.807) is 18.2 Å². The van der Waals surface area contributed by atoms with Gasteiger partial charge in [0.1, 0.15) is 10.7 Å². The van der Waals surface area contributed by atoms with Gasteiger partial charge >= 0.3 is 10.1 Å². The molecule has 1 aromatic heterocycles. The van der Waals surface area contributed by atoms with Crippen LogP contribution >= 0.6 is 0 Å². The molecule has 0 saturated carbocycles. The minimum Gasteiger partial charge on any atom is -0.377 e. The van der Waals surface area contributed by atoms with Gasteiger partial charge in [-0.3, -0.25) is 4.90 Å². The van der Waals surface area contributed by atoms with Crippen LogP contribution in [0.4, 0.5) is 5.82 Å². The first-order chi connectivity index (χ1) is 13.4. The highest BCUT2D eigenvalue weighted by atomic mass is 32.2. The van der Waals surface area contributed by atoms with Crippen molar-refractivity contribution in [2.75, 3.05) is 37.6 Å². The predicted molar refractivity (Wildman–Crippen MR) is 112 cm³/mol. The molecule has 0 radical (unpaired) electrons. The van der Waals surface area contributed by atoms with Crippen LogP contribution in [0.3, 0.4) is 0 Å². The van der Waals surface area contributed by atoms with E-state index >= 15 is 0 Å². The highest BCUT2D eigenvalue weighted by molar-refractivity contribution is 7.87. The lowest BCUT2D eigenvalue weighted by Gasteiger charge is -2.35. The SMILES string of the molecule is CCCN1CCN(c2ccc(OS(=O)(=O)c3ccc(C(C)C)cc3)cn2)CC1. The van der Waals surface area contributed by atoms with Crippen LogP contribution in [0, 0.1) is 0 Å². The Morgan fingerprint density at radius 1 is 1.04 bits per heavy atom. The first-order valence-corrected chi connectivity index (χ1v) is 11.3. The van der Waals surface area contributed by atoms with Gasteiger partial charge in [-0.05, 0) is 48.7 Å². The minimum absolute atomic E-state index is 0.146. The van der Waals surface area contributed by atoms with Crippen molar-refractivity contribution in [3.8, 4) is 5.75 Å².